The average Bonchev–Trinajstić information content (AvgIpc) is 2.46. The molecule has 18 heavy (non-hydrogen) atoms. The van der Waals surface area contributed by atoms with E-state index in [2.05, 4.69) is 0 Å². The molecule has 0 unspecified atom stereocenters. The van der Waals surface area contributed by atoms with E-state index in [4.69, 9.17) is 10.5 Å². The van der Waals surface area contributed by atoms with Crippen LogP contribution in [0.5, 0.6) is 0 Å². The molecule has 2 rings (SSSR count). The van der Waals surface area contributed by atoms with Gasteiger partial charge in [0.2, 0.25) is 0 Å². The number of ether oxygens (including phenoxy) is 1. The molecular formula is C15H27NO2. The Morgan fingerprint density at radius 1 is 1.17 bits per heavy atom. The summed E-state index contributed by atoms with van der Waals surface area (Å²) in [6.07, 6.45) is 10.2. The zero-order valence-corrected chi connectivity index (χ0v) is 11.5. The van der Waals surface area contributed by atoms with Crippen molar-refractivity contribution in [1.29, 1.82) is 0 Å². The molecule has 0 aromatic heterocycles. The average molecular weight is 253 g/mol. The van der Waals surface area contributed by atoms with Crippen molar-refractivity contribution in [3.8, 4) is 0 Å². The zero-order chi connectivity index (χ0) is 12.8. The van der Waals surface area contributed by atoms with Crippen LogP contribution in [-0.2, 0) is 9.53 Å². The summed E-state index contributed by atoms with van der Waals surface area (Å²) in [7, 11) is 0. The Balaban J connectivity index is 1.81. The number of rotatable bonds is 5. The smallest absolute Gasteiger partial charge is 0.140 e. The van der Waals surface area contributed by atoms with Crippen LogP contribution < -0.4 is 5.73 Å². The van der Waals surface area contributed by atoms with Crippen LogP contribution in [0.25, 0.3) is 0 Å². The highest BCUT2D eigenvalue weighted by molar-refractivity contribution is 5.85. The van der Waals surface area contributed by atoms with Gasteiger partial charge in [-0.15, -0.1) is 0 Å². The van der Waals surface area contributed by atoms with Crippen molar-refractivity contribution in [2.24, 2.45) is 17.1 Å². The van der Waals surface area contributed by atoms with E-state index in [0.717, 1.165) is 31.6 Å². The van der Waals surface area contributed by atoms with Crippen molar-refractivity contribution in [2.75, 3.05) is 19.8 Å². The second-order valence-electron chi connectivity index (χ2n) is 6.06. The first-order chi connectivity index (χ1) is 8.77. The topological polar surface area (TPSA) is 52.3 Å². The summed E-state index contributed by atoms with van der Waals surface area (Å²) in [5.41, 5.74) is 5.61. The molecule has 0 amide bonds. The zero-order valence-electron chi connectivity index (χ0n) is 11.5. The standard InChI is InChI=1S/C15H27NO2/c16-12-15(8-10-18-11-9-15)14(17)7-6-13-4-2-1-3-5-13/h13H,1-12,16H2. The molecule has 1 aliphatic heterocycles. The van der Waals surface area contributed by atoms with Gasteiger partial charge in [-0.05, 0) is 25.2 Å². The fraction of sp³-hybridized carbons (Fsp3) is 0.933. The van der Waals surface area contributed by atoms with Crippen molar-refractivity contribution in [2.45, 2.75) is 57.8 Å². The van der Waals surface area contributed by atoms with Crippen LogP contribution in [-0.4, -0.2) is 25.5 Å². The van der Waals surface area contributed by atoms with Crippen LogP contribution in [0, 0.1) is 11.3 Å². The van der Waals surface area contributed by atoms with E-state index < -0.39 is 0 Å². The summed E-state index contributed by atoms with van der Waals surface area (Å²) >= 11 is 0. The number of hydrogen-bond donors (Lipinski definition) is 1. The molecule has 1 saturated heterocycles. The predicted molar refractivity (Wildman–Crippen MR) is 72.4 cm³/mol. The van der Waals surface area contributed by atoms with E-state index in [9.17, 15) is 4.79 Å². The Bertz CT molecular complexity index is 266. The lowest BCUT2D eigenvalue weighted by atomic mass is 9.74. The van der Waals surface area contributed by atoms with Gasteiger partial charge in [-0.1, -0.05) is 32.1 Å². The Hall–Kier alpha value is -0.410. The first-order valence-corrected chi connectivity index (χ1v) is 7.58. The molecular weight excluding hydrogens is 226 g/mol. The number of ketones is 1. The summed E-state index contributed by atoms with van der Waals surface area (Å²) in [5.74, 6) is 1.19. The summed E-state index contributed by atoms with van der Waals surface area (Å²) < 4.78 is 5.36. The fourth-order valence-corrected chi connectivity index (χ4v) is 3.44. The quantitative estimate of drug-likeness (QED) is 0.819. The minimum atomic E-state index is -0.257. The molecule has 2 N–H and O–H groups in total. The Morgan fingerprint density at radius 3 is 2.44 bits per heavy atom. The first kappa shape index (κ1) is 14.0. The molecule has 3 heteroatoms. The summed E-state index contributed by atoms with van der Waals surface area (Å²) in [6, 6.07) is 0. The van der Waals surface area contributed by atoms with Crippen LogP contribution in [0.3, 0.4) is 0 Å². The molecule has 104 valence electrons. The van der Waals surface area contributed by atoms with Crippen LogP contribution in [0.1, 0.15) is 57.8 Å². The number of carbonyl (C=O) groups excluding carboxylic acids is 1. The molecule has 1 aliphatic carbocycles. The molecule has 0 spiro atoms. The van der Waals surface area contributed by atoms with Gasteiger partial charge in [0, 0.05) is 31.6 Å². The van der Waals surface area contributed by atoms with Gasteiger partial charge in [-0.3, -0.25) is 4.79 Å². The van der Waals surface area contributed by atoms with Crippen LogP contribution in [0.2, 0.25) is 0 Å². The molecule has 0 atom stereocenters. The van der Waals surface area contributed by atoms with E-state index in [1.807, 2.05) is 0 Å². The maximum Gasteiger partial charge on any atom is 0.140 e. The van der Waals surface area contributed by atoms with Crippen molar-refractivity contribution < 1.29 is 9.53 Å². The van der Waals surface area contributed by atoms with Crippen molar-refractivity contribution in [3.63, 3.8) is 0 Å². The second-order valence-corrected chi connectivity index (χ2v) is 6.06. The molecule has 2 fully saturated rings. The van der Waals surface area contributed by atoms with Gasteiger partial charge in [0.1, 0.15) is 5.78 Å². The second kappa shape index (κ2) is 6.67. The molecule has 0 aromatic rings. The lowest BCUT2D eigenvalue weighted by Crippen LogP contribution is -2.43. The van der Waals surface area contributed by atoms with Crippen molar-refractivity contribution >= 4 is 5.78 Å². The van der Waals surface area contributed by atoms with E-state index in [1.165, 1.54) is 32.1 Å². The van der Waals surface area contributed by atoms with Crippen LogP contribution in [0.4, 0.5) is 0 Å². The largest absolute Gasteiger partial charge is 0.381 e. The van der Waals surface area contributed by atoms with E-state index in [1.54, 1.807) is 0 Å². The molecule has 3 nitrogen and oxygen atoms in total. The Labute approximate surface area is 110 Å². The van der Waals surface area contributed by atoms with E-state index in [-0.39, 0.29) is 5.41 Å². The number of Topliss-reactive ketones (excluding diaryl/α,β-unsaturated/α-hetero) is 1. The number of hydrogen-bond acceptors (Lipinski definition) is 3. The van der Waals surface area contributed by atoms with Crippen molar-refractivity contribution in [1.82, 2.24) is 0 Å². The third-order valence-corrected chi connectivity index (χ3v) is 4.94. The van der Waals surface area contributed by atoms with Gasteiger partial charge < -0.3 is 10.5 Å². The van der Waals surface area contributed by atoms with Crippen LogP contribution >= 0.6 is 0 Å². The monoisotopic (exact) mass is 253 g/mol. The third kappa shape index (κ3) is 3.33. The number of nitrogens with two attached hydrogens (primary N) is 1. The molecule has 1 heterocycles. The Kier molecular flexibility index (Phi) is 5.19. The van der Waals surface area contributed by atoms with Crippen LogP contribution in [0.15, 0.2) is 0 Å². The molecule has 0 radical (unpaired) electrons. The maximum absolute atomic E-state index is 12.5. The van der Waals surface area contributed by atoms with Gasteiger partial charge in [-0.25, -0.2) is 0 Å². The minimum absolute atomic E-state index is 0.257. The van der Waals surface area contributed by atoms with Gasteiger partial charge >= 0.3 is 0 Å². The normalized spacial score (nSPS) is 24.9. The highest BCUT2D eigenvalue weighted by Gasteiger charge is 2.38. The molecule has 1 saturated carbocycles. The highest BCUT2D eigenvalue weighted by atomic mass is 16.5. The van der Waals surface area contributed by atoms with Gasteiger partial charge in [0.05, 0.1) is 0 Å². The lowest BCUT2D eigenvalue weighted by molar-refractivity contribution is -0.133. The Morgan fingerprint density at radius 2 is 1.83 bits per heavy atom. The van der Waals surface area contributed by atoms with E-state index >= 15 is 0 Å². The first-order valence-electron chi connectivity index (χ1n) is 7.58. The molecule has 0 aromatic carbocycles. The highest BCUT2D eigenvalue weighted by Crippen LogP contribution is 2.34. The maximum atomic E-state index is 12.5. The third-order valence-electron chi connectivity index (χ3n) is 4.94. The van der Waals surface area contributed by atoms with Crippen molar-refractivity contribution in [3.05, 3.63) is 0 Å². The lowest BCUT2D eigenvalue weighted by Gasteiger charge is -2.35. The van der Waals surface area contributed by atoms with Gasteiger partial charge in [-0.2, -0.15) is 0 Å². The summed E-state index contributed by atoms with van der Waals surface area (Å²) in [5, 5.41) is 0. The van der Waals surface area contributed by atoms with E-state index in [0.29, 0.717) is 25.5 Å². The predicted octanol–water partition coefficient (Wildman–Crippen LogP) is 2.67. The summed E-state index contributed by atoms with van der Waals surface area (Å²) in [4.78, 5) is 12.5. The molecule has 2 aliphatic rings. The molecule has 0 bridgehead atoms. The van der Waals surface area contributed by atoms with Gasteiger partial charge in [0.25, 0.3) is 0 Å². The fourth-order valence-electron chi connectivity index (χ4n) is 3.44. The SMILES string of the molecule is NCC1(C(=O)CCC2CCCCC2)CCOCC1. The van der Waals surface area contributed by atoms with Gasteiger partial charge in [0.15, 0.2) is 0 Å². The number of carbonyl (C=O) groups is 1. The minimum Gasteiger partial charge on any atom is -0.381 e. The summed E-state index contributed by atoms with van der Waals surface area (Å²) in [6.45, 7) is 1.90.